The highest BCUT2D eigenvalue weighted by Gasteiger charge is 2.30. The summed E-state index contributed by atoms with van der Waals surface area (Å²) >= 11 is 3.33. The Balaban J connectivity index is 2.42. The second kappa shape index (κ2) is 6.01. The van der Waals surface area contributed by atoms with Gasteiger partial charge in [-0.05, 0) is 34.5 Å². The largest absolute Gasteiger partial charge is 0.416 e. The van der Waals surface area contributed by atoms with Crippen LogP contribution in [0, 0.1) is 0 Å². The van der Waals surface area contributed by atoms with Crippen LogP contribution in [0.2, 0.25) is 0 Å². The molecule has 21 heavy (non-hydrogen) atoms. The summed E-state index contributed by atoms with van der Waals surface area (Å²) in [6.45, 7) is 2.00. The molecular weight excluding hydrogens is 347 g/mol. The van der Waals surface area contributed by atoms with Crippen LogP contribution in [-0.4, -0.2) is 9.97 Å². The van der Waals surface area contributed by atoms with Gasteiger partial charge in [-0.2, -0.15) is 13.2 Å². The predicted molar refractivity (Wildman–Crippen MR) is 78.6 cm³/mol. The van der Waals surface area contributed by atoms with Crippen LogP contribution in [0.3, 0.4) is 0 Å². The third-order valence-corrected chi connectivity index (χ3v) is 3.77. The van der Waals surface area contributed by atoms with Crippen LogP contribution in [0.1, 0.15) is 24.6 Å². The van der Waals surface area contributed by atoms with Crippen LogP contribution in [0.25, 0.3) is 11.4 Å². The Hall–Kier alpha value is -1.63. The number of anilines is 1. The Morgan fingerprint density at radius 2 is 1.76 bits per heavy atom. The highest BCUT2D eigenvalue weighted by atomic mass is 79.9. The van der Waals surface area contributed by atoms with E-state index in [1.807, 2.05) is 6.92 Å². The first-order valence-electron chi connectivity index (χ1n) is 6.32. The summed E-state index contributed by atoms with van der Waals surface area (Å²) in [5.41, 5.74) is 6.36. The lowest BCUT2D eigenvalue weighted by Gasteiger charge is -2.10. The van der Waals surface area contributed by atoms with Gasteiger partial charge in [-0.15, -0.1) is 0 Å². The van der Waals surface area contributed by atoms with Gasteiger partial charge in [-0.3, -0.25) is 0 Å². The van der Waals surface area contributed by atoms with Gasteiger partial charge in [0.1, 0.15) is 5.82 Å². The fourth-order valence-electron chi connectivity index (χ4n) is 1.85. The third kappa shape index (κ3) is 3.53. The summed E-state index contributed by atoms with van der Waals surface area (Å²) in [6.07, 6.45) is -2.77. The van der Waals surface area contributed by atoms with Gasteiger partial charge in [-0.25, -0.2) is 9.97 Å². The molecule has 0 aliphatic carbocycles. The smallest absolute Gasteiger partial charge is 0.383 e. The summed E-state index contributed by atoms with van der Waals surface area (Å²) in [5, 5.41) is 0. The molecule has 0 bridgehead atoms. The van der Waals surface area contributed by atoms with E-state index in [9.17, 15) is 13.2 Å². The van der Waals surface area contributed by atoms with E-state index in [-0.39, 0.29) is 5.82 Å². The molecule has 3 nitrogen and oxygen atoms in total. The van der Waals surface area contributed by atoms with Gasteiger partial charge in [0.2, 0.25) is 0 Å². The lowest BCUT2D eigenvalue weighted by atomic mass is 10.1. The molecule has 1 aromatic carbocycles. The summed E-state index contributed by atoms with van der Waals surface area (Å²) in [7, 11) is 0. The molecule has 0 radical (unpaired) electrons. The van der Waals surface area contributed by atoms with Crippen LogP contribution >= 0.6 is 15.9 Å². The summed E-state index contributed by atoms with van der Waals surface area (Å²) in [6, 6.07) is 4.72. The fourth-order valence-corrected chi connectivity index (χ4v) is 2.23. The first-order valence-corrected chi connectivity index (χ1v) is 7.11. The maximum atomic E-state index is 12.5. The first kappa shape index (κ1) is 15.8. The number of aryl methyl sites for hydroxylation is 1. The molecule has 2 rings (SSSR count). The SMILES string of the molecule is CCCc1nc(-c2ccc(C(F)(F)F)cc2)nc(N)c1Br. The van der Waals surface area contributed by atoms with Gasteiger partial charge in [0.15, 0.2) is 5.82 Å². The van der Waals surface area contributed by atoms with Crippen molar-refractivity contribution in [1.29, 1.82) is 0 Å². The molecule has 2 aromatic rings. The molecular formula is C14H13BrF3N3. The van der Waals surface area contributed by atoms with Crippen molar-refractivity contribution in [3.63, 3.8) is 0 Å². The Bertz CT molecular complexity index is 639. The van der Waals surface area contributed by atoms with E-state index >= 15 is 0 Å². The zero-order valence-electron chi connectivity index (χ0n) is 11.2. The monoisotopic (exact) mass is 359 g/mol. The Labute approximate surface area is 128 Å². The topological polar surface area (TPSA) is 51.8 Å². The highest BCUT2D eigenvalue weighted by molar-refractivity contribution is 9.10. The van der Waals surface area contributed by atoms with Gasteiger partial charge in [0.05, 0.1) is 15.7 Å². The normalized spacial score (nSPS) is 11.7. The molecule has 0 spiro atoms. The summed E-state index contributed by atoms with van der Waals surface area (Å²) in [4.78, 5) is 8.48. The lowest BCUT2D eigenvalue weighted by Crippen LogP contribution is -2.05. The molecule has 0 saturated carbocycles. The van der Waals surface area contributed by atoms with E-state index in [4.69, 9.17) is 5.73 Å². The van der Waals surface area contributed by atoms with Gasteiger partial charge in [0, 0.05) is 5.56 Å². The van der Waals surface area contributed by atoms with Crippen molar-refractivity contribution in [2.75, 3.05) is 5.73 Å². The van der Waals surface area contributed by atoms with Crippen LogP contribution in [0.15, 0.2) is 28.7 Å². The molecule has 0 aliphatic rings. The molecule has 0 amide bonds. The average molecular weight is 360 g/mol. The van der Waals surface area contributed by atoms with Crippen LogP contribution in [0.5, 0.6) is 0 Å². The Kier molecular flexibility index (Phi) is 4.51. The number of nitrogen functional groups attached to an aromatic ring is 1. The maximum absolute atomic E-state index is 12.5. The number of hydrogen-bond acceptors (Lipinski definition) is 3. The van der Waals surface area contributed by atoms with E-state index in [2.05, 4.69) is 25.9 Å². The number of nitrogens with two attached hydrogens (primary N) is 1. The van der Waals surface area contributed by atoms with E-state index in [1.165, 1.54) is 12.1 Å². The van der Waals surface area contributed by atoms with Gasteiger partial charge < -0.3 is 5.73 Å². The zero-order chi connectivity index (χ0) is 15.6. The number of aromatic nitrogens is 2. The molecule has 0 atom stereocenters. The van der Waals surface area contributed by atoms with E-state index in [0.717, 1.165) is 24.2 Å². The minimum atomic E-state index is -4.36. The Morgan fingerprint density at radius 1 is 1.14 bits per heavy atom. The number of rotatable bonds is 3. The molecule has 112 valence electrons. The molecule has 2 N–H and O–H groups in total. The molecule has 0 fully saturated rings. The van der Waals surface area contributed by atoms with E-state index < -0.39 is 11.7 Å². The van der Waals surface area contributed by atoms with Crippen LogP contribution in [-0.2, 0) is 12.6 Å². The predicted octanol–water partition coefficient (Wildman–Crippen LogP) is 4.46. The molecule has 1 aromatic heterocycles. The molecule has 0 unspecified atom stereocenters. The molecule has 0 saturated heterocycles. The number of halogens is 4. The second-order valence-corrected chi connectivity index (χ2v) is 5.31. The molecule has 7 heteroatoms. The highest BCUT2D eigenvalue weighted by Crippen LogP contribution is 2.31. The van der Waals surface area contributed by atoms with Crippen molar-refractivity contribution in [3.05, 3.63) is 40.0 Å². The lowest BCUT2D eigenvalue weighted by molar-refractivity contribution is -0.137. The standard InChI is InChI=1S/C14H13BrF3N3/c1-2-3-10-11(15)12(19)21-13(20-10)8-4-6-9(7-5-8)14(16,17)18/h4-7H,2-3H2,1H3,(H2,19,20,21). The van der Waals surface area contributed by atoms with Crippen molar-refractivity contribution < 1.29 is 13.2 Å². The number of nitrogens with zero attached hydrogens (tertiary/aromatic N) is 2. The van der Waals surface area contributed by atoms with Crippen molar-refractivity contribution in [2.24, 2.45) is 0 Å². The first-order chi connectivity index (χ1) is 9.82. The van der Waals surface area contributed by atoms with Crippen molar-refractivity contribution in [1.82, 2.24) is 9.97 Å². The quantitative estimate of drug-likeness (QED) is 0.879. The van der Waals surface area contributed by atoms with Crippen LogP contribution in [0.4, 0.5) is 19.0 Å². The Morgan fingerprint density at radius 3 is 2.29 bits per heavy atom. The van der Waals surface area contributed by atoms with Gasteiger partial charge >= 0.3 is 6.18 Å². The minimum Gasteiger partial charge on any atom is -0.383 e. The third-order valence-electron chi connectivity index (χ3n) is 2.90. The van der Waals surface area contributed by atoms with Gasteiger partial charge in [-0.1, -0.05) is 25.5 Å². The number of benzene rings is 1. The molecule has 0 aliphatic heterocycles. The molecule has 1 heterocycles. The second-order valence-electron chi connectivity index (χ2n) is 4.52. The fraction of sp³-hybridized carbons (Fsp3) is 0.286. The minimum absolute atomic E-state index is 0.281. The maximum Gasteiger partial charge on any atom is 0.416 e. The summed E-state index contributed by atoms with van der Waals surface area (Å²) < 4.78 is 38.3. The average Bonchev–Trinajstić information content (AvgIpc) is 2.43. The number of alkyl halides is 3. The van der Waals surface area contributed by atoms with Crippen molar-refractivity contribution in [3.8, 4) is 11.4 Å². The van der Waals surface area contributed by atoms with E-state index in [0.29, 0.717) is 22.3 Å². The number of hydrogen-bond donors (Lipinski definition) is 1. The zero-order valence-corrected chi connectivity index (χ0v) is 12.8. The van der Waals surface area contributed by atoms with Crippen LogP contribution < -0.4 is 5.73 Å². The van der Waals surface area contributed by atoms with Gasteiger partial charge in [0.25, 0.3) is 0 Å². The van der Waals surface area contributed by atoms with Crippen molar-refractivity contribution >= 4 is 21.7 Å². The summed E-state index contributed by atoms with van der Waals surface area (Å²) in [5.74, 6) is 0.608. The van der Waals surface area contributed by atoms with E-state index in [1.54, 1.807) is 0 Å². The van der Waals surface area contributed by atoms with Crippen molar-refractivity contribution in [2.45, 2.75) is 25.9 Å².